The average Bonchev–Trinajstić information content (AvgIpc) is 3.38. The molecule has 8 heteroatoms. The number of aromatic nitrogens is 2. The van der Waals surface area contributed by atoms with Crippen LogP contribution >= 0.6 is 0 Å². The van der Waals surface area contributed by atoms with Crippen LogP contribution in [-0.2, 0) is 11.2 Å². The van der Waals surface area contributed by atoms with Gasteiger partial charge in [-0.15, -0.1) is 0 Å². The molecule has 1 N–H and O–H groups in total. The van der Waals surface area contributed by atoms with Crippen molar-refractivity contribution in [2.75, 3.05) is 19.6 Å². The van der Waals surface area contributed by atoms with E-state index in [9.17, 15) is 14.7 Å². The lowest BCUT2D eigenvalue weighted by molar-refractivity contribution is 0.00429. The summed E-state index contributed by atoms with van der Waals surface area (Å²) in [6, 6.07) is 26.2. The summed E-state index contributed by atoms with van der Waals surface area (Å²) in [7, 11) is 0. The van der Waals surface area contributed by atoms with E-state index in [-0.39, 0.29) is 23.8 Å². The molecule has 1 aromatic heterocycles. The number of hydrogen-bond donors (Lipinski definition) is 1. The molecule has 1 atom stereocenters. The van der Waals surface area contributed by atoms with Gasteiger partial charge in [0, 0.05) is 31.3 Å². The van der Waals surface area contributed by atoms with Gasteiger partial charge in [0.2, 0.25) is 0 Å². The predicted molar refractivity (Wildman–Crippen MR) is 153 cm³/mol. The average molecular weight is 539 g/mol. The number of imidazole rings is 1. The van der Waals surface area contributed by atoms with Crippen LogP contribution in [0.1, 0.15) is 36.8 Å². The van der Waals surface area contributed by atoms with Crippen molar-refractivity contribution in [3.05, 3.63) is 103 Å². The molecule has 3 aromatic carbocycles. The minimum Gasteiger partial charge on any atom is -0.508 e. The first kappa shape index (κ1) is 27.0. The van der Waals surface area contributed by atoms with E-state index < -0.39 is 5.60 Å². The maximum Gasteiger partial charge on any atom is 0.410 e. The van der Waals surface area contributed by atoms with E-state index in [1.807, 2.05) is 97.0 Å². The SMILES string of the molecule is CC(C)(C)OC(=O)N1CCN(C(=O)c2ncn(-c3cccc(O)c3)c2-c2ccccc2)[C@H](Cc2ccccc2)C1. The lowest BCUT2D eigenvalue weighted by Crippen LogP contribution is -2.58. The number of carbonyl (C=O) groups excluding carboxylic acids is 2. The van der Waals surface area contributed by atoms with Crippen LogP contribution in [0.15, 0.2) is 91.3 Å². The normalized spacial score (nSPS) is 15.6. The van der Waals surface area contributed by atoms with E-state index in [1.54, 1.807) is 29.4 Å². The number of carbonyl (C=O) groups is 2. The van der Waals surface area contributed by atoms with Crippen LogP contribution < -0.4 is 0 Å². The summed E-state index contributed by atoms with van der Waals surface area (Å²) in [5, 5.41) is 10.1. The van der Waals surface area contributed by atoms with Gasteiger partial charge < -0.3 is 19.6 Å². The fraction of sp³-hybridized carbons (Fsp3) is 0.281. The molecule has 0 saturated carbocycles. The first-order chi connectivity index (χ1) is 19.2. The van der Waals surface area contributed by atoms with E-state index in [1.165, 1.54) is 0 Å². The number of phenols is 1. The van der Waals surface area contributed by atoms with Crippen LogP contribution in [0, 0.1) is 0 Å². The number of amides is 2. The Labute approximate surface area is 234 Å². The molecular formula is C32H34N4O4. The predicted octanol–water partition coefficient (Wildman–Crippen LogP) is 5.55. The van der Waals surface area contributed by atoms with Gasteiger partial charge in [-0.2, -0.15) is 0 Å². The van der Waals surface area contributed by atoms with Crippen LogP contribution in [0.2, 0.25) is 0 Å². The van der Waals surface area contributed by atoms with Crippen LogP contribution in [0.25, 0.3) is 16.9 Å². The number of benzene rings is 3. The summed E-state index contributed by atoms with van der Waals surface area (Å²) >= 11 is 0. The topological polar surface area (TPSA) is 87.9 Å². The van der Waals surface area contributed by atoms with Crippen molar-refractivity contribution in [3.63, 3.8) is 0 Å². The molecule has 8 nitrogen and oxygen atoms in total. The lowest BCUT2D eigenvalue weighted by atomic mass is 10.0. The second-order valence-electron chi connectivity index (χ2n) is 11.0. The molecule has 0 radical (unpaired) electrons. The van der Waals surface area contributed by atoms with Crippen LogP contribution in [-0.4, -0.2) is 67.7 Å². The Hall–Kier alpha value is -4.59. The number of rotatable bonds is 5. The number of ether oxygens (including phenoxy) is 1. The molecule has 4 aromatic rings. The third kappa shape index (κ3) is 6.01. The zero-order valence-corrected chi connectivity index (χ0v) is 23.0. The Bertz CT molecular complexity index is 1480. The maximum absolute atomic E-state index is 14.3. The highest BCUT2D eigenvalue weighted by molar-refractivity contribution is 5.99. The van der Waals surface area contributed by atoms with Crippen LogP contribution in [0.5, 0.6) is 5.75 Å². The van der Waals surface area contributed by atoms with Gasteiger partial charge in [0.1, 0.15) is 17.7 Å². The van der Waals surface area contributed by atoms with Crippen molar-refractivity contribution < 1.29 is 19.4 Å². The number of piperazine rings is 1. The molecule has 1 fully saturated rings. The van der Waals surface area contributed by atoms with Crippen molar-refractivity contribution in [1.82, 2.24) is 19.4 Å². The van der Waals surface area contributed by atoms with Crippen molar-refractivity contribution >= 4 is 12.0 Å². The lowest BCUT2D eigenvalue weighted by Gasteiger charge is -2.41. The Morgan fingerprint density at radius 3 is 2.33 bits per heavy atom. The van der Waals surface area contributed by atoms with Gasteiger partial charge in [0.25, 0.3) is 5.91 Å². The monoisotopic (exact) mass is 538 g/mol. The molecule has 0 bridgehead atoms. The standard InChI is InChI=1S/C32H34N4O4/c1-32(2,3)40-31(39)34-17-18-35(26(21-34)19-23-11-6-4-7-12-23)30(38)28-29(24-13-8-5-9-14-24)36(22-33-28)25-15-10-16-27(37)20-25/h4-16,20,22,26,37H,17-19,21H2,1-3H3/t26-/m1/s1. The number of phenolic OH excluding ortho intramolecular Hbond substituents is 1. The van der Waals surface area contributed by atoms with Gasteiger partial charge in [-0.3, -0.25) is 9.36 Å². The first-order valence-corrected chi connectivity index (χ1v) is 13.4. The quantitative estimate of drug-likeness (QED) is 0.360. The number of hydrogen-bond acceptors (Lipinski definition) is 5. The molecule has 40 heavy (non-hydrogen) atoms. The minimum absolute atomic E-state index is 0.124. The van der Waals surface area contributed by atoms with Crippen molar-refractivity contribution in [2.45, 2.75) is 38.8 Å². The van der Waals surface area contributed by atoms with E-state index in [0.717, 1.165) is 11.1 Å². The van der Waals surface area contributed by atoms with Gasteiger partial charge >= 0.3 is 6.09 Å². The van der Waals surface area contributed by atoms with Crippen molar-refractivity contribution in [2.24, 2.45) is 0 Å². The Kier molecular flexibility index (Phi) is 7.60. The number of nitrogens with zero attached hydrogens (tertiary/aromatic N) is 4. The fourth-order valence-corrected chi connectivity index (χ4v) is 5.03. The smallest absolute Gasteiger partial charge is 0.410 e. The van der Waals surface area contributed by atoms with Crippen molar-refractivity contribution in [3.8, 4) is 22.7 Å². The summed E-state index contributed by atoms with van der Waals surface area (Å²) in [6.45, 7) is 6.60. The van der Waals surface area contributed by atoms with E-state index in [4.69, 9.17) is 4.74 Å². The number of aromatic hydroxyl groups is 1. The van der Waals surface area contributed by atoms with Gasteiger partial charge in [-0.1, -0.05) is 66.7 Å². The molecule has 0 aliphatic carbocycles. The molecule has 1 aliphatic heterocycles. The second-order valence-corrected chi connectivity index (χ2v) is 11.0. The molecular weight excluding hydrogens is 504 g/mol. The molecule has 1 saturated heterocycles. The largest absolute Gasteiger partial charge is 0.508 e. The van der Waals surface area contributed by atoms with Gasteiger partial charge in [-0.25, -0.2) is 9.78 Å². The highest BCUT2D eigenvalue weighted by atomic mass is 16.6. The highest BCUT2D eigenvalue weighted by Gasteiger charge is 2.36. The molecule has 0 spiro atoms. The Balaban J connectivity index is 1.51. The highest BCUT2D eigenvalue weighted by Crippen LogP contribution is 2.30. The van der Waals surface area contributed by atoms with Crippen LogP contribution in [0.3, 0.4) is 0 Å². The summed E-state index contributed by atoms with van der Waals surface area (Å²) in [4.78, 5) is 35.3. The summed E-state index contributed by atoms with van der Waals surface area (Å²) in [5.41, 5.74) is 2.95. The molecule has 2 amide bonds. The third-order valence-electron chi connectivity index (χ3n) is 6.83. The van der Waals surface area contributed by atoms with Crippen LogP contribution in [0.4, 0.5) is 4.79 Å². The van der Waals surface area contributed by atoms with E-state index >= 15 is 0 Å². The zero-order valence-electron chi connectivity index (χ0n) is 23.0. The maximum atomic E-state index is 14.3. The van der Waals surface area contributed by atoms with E-state index in [2.05, 4.69) is 4.98 Å². The molecule has 1 aliphatic rings. The molecule has 5 rings (SSSR count). The molecule has 2 heterocycles. The van der Waals surface area contributed by atoms with Crippen molar-refractivity contribution in [1.29, 1.82) is 0 Å². The minimum atomic E-state index is -0.609. The molecule has 206 valence electrons. The zero-order chi connectivity index (χ0) is 28.3. The summed E-state index contributed by atoms with van der Waals surface area (Å²) in [6.07, 6.45) is 1.82. The van der Waals surface area contributed by atoms with Gasteiger partial charge in [0.05, 0.1) is 17.4 Å². The Morgan fingerprint density at radius 2 is 1.65 bits per heavy atom. The van der Waals surface area contributed by atoms with Gasteiger partial charge in [-0.05, 0) is 44.9 Å². The fourth-order valence-electron chi connectivity index (χ4n) is 5.03. The third-order valence-corrected chi connectivity index (χ3v) is 6.83. The Morgan fingerprint density at radius 1 is 0.950 bits per heavy atom. The molecule has 0 unspecified atom stereocenters. The summed E-state index contributed by atoms with van der Waals surface area (Å²) < 4.78 is 7.47. The van der Waals surface area contributed by atoms with Gasteiger partial charge in [0.15, 0.2) is 5.69 Å². The first-order valence-electron chi connectivity index (χ1n) is 13.4. The summed E-state index contributed by atoms with van der Waals surface area (Å²) in [5.74, 6) is -0.0817. The van der Waals surface area contributed by atoms with E-state index in [0.29, 0.717) is 43.1 Å². The second kappa shape index (κ2) is 11.3.